The molecule has 1 fully saturated rings. The second-order valence-electron chi connectivity index (χ2n) is 6.93. The van der Waals surface area contributed by atoms with E-state index in [2.05, 4.69) is 0 Å². The van der Waals surface area contributed by atoms with Crippen LogP contribution in [0.2, 0.25) is 5.02 Å². The summed E-state index contributed by atoms with van der Waals surface area (Å²) in [6.07, 6.45) is 0.220. The fraction of sp³-hybridized carbons (Fsp3) is 0.300. The van der Waals surface area contributed by atoms with Gasteiger partial charge in [-0.3, -0.25) is 0 Å². The van der Waals surface area contributed by atoms with Crippen molar-refractivity contribution in [3.05, 3.63) is 58.4 Å². The van der Waals surface area contributed by atoms with Gasteiger partial charge in [0.15, 0.2) is 0 Å². The first kappa shape index (κ1) is 22.0. The third-order valence-electron chi connectivity index (χ3n) is 4.90. The van der Waals surface area contributed by atoms with E-state index in [1.54, 1.807) is 6.07 Å². The number of rotatable bonds is 5. The van der Waals surface area contributed by atoms with Gasteiger partial charge in [0.25, 0.3) is 0 Å². The minimum absolute atomic E-state index is 0.0407. The zero-order valence-corrected chi connectivity index (χ0v) is 17.2. The van der Waals surface area contributed by atoms with Crippen molar-refractivity contribution in [2.24, 2.45) is 0 Å². The van der Waals surface area contributed by atoms with Crippen molar-refractivity contribution in [1.29, 1.82) is 10.5 Å². The molecule has 1 heterocycles. The summed E-state index contributed by atoms with van der Waals surface area (Å²) in [6.45, 7) is -0.0651. The lowest BCUT2D eigenvalue weighted by Crippen LogP contribution is -2.49. The molecule has 7 nitrogen and oxygen atoms in total. The zero-order chi connectivity index (χ0) is 21.9. The molecule has 0 aliphatic carbocycles. The monoisotopic (exact) mass is 449 g/mol. The number of hydrogen-bond donors (Lipinski definition) is 1. The second-order valence-corrected chi connectivity index (χ2v) is 9.24. The van der Waals surface area contributed by atoms with E-state index in [1.165, 1.54) is 34.6 Å². The first-order chi connectivity index (χ1) is 14.2. The maximum absolute atomic E-state index is 13.7. The fourth-order valence-corrected chi connectivity index (χ4v) is 5.06. The van der Waals surface area contributed by atoms with Gasteiger partial charge in [-0.1, -0.05) is 11.6 Å². The van der Waals surface area contributed by atoms with Crippen LogP contribution >= 0.6 is 11.6 Å². The highest BCUT2D eigenvalue weighted by Gasteiger charge is 2.38. The van der Waals surface area contributed by atoms with Crippen LogP contribution in [0.3, 0.4) is 0 Å². The van der Waals surface area contributed by atoms with E-state index >= 15 is 0 Å². The summed E-state index contributed by atoms with van der Waals surface area (Å²) in [6, 6.07) is 11.3. The molecule has 0 bridgehead atoms. The van der Waals surface area contributed by atoms with Crippen LogP contribution in [0.5, 0.6) is 5.75 Å². The van der Waals surface area contributed by atoms with Gasteiger partial charge in [0.05, 0.1) is 22.2 Å². The number of halogens is 2. The Hall–Kier alpha value is -2.69. The van der Waals surface area contributed by atoms with Gasteiger partial charge in [-0.25, -0.2) is 12.8 Å². The Bertz CT molecular complexity index is 1150. The molecule has 30 heavy (non-hydrogen) atoms. The quantitative estimate of drug-likeness (QED) is 0.750. The summed E-state index contributed by atoms with van der Waals surface area (Å²) in [7, 11) is -3.89. The van der Waals surface area contributed by atoms with Crippen LogP contribution in [0.25, 0.3) is 0 Å². The number of ether oxygens (including phenoxy) is 1. The molecule has 0 saturated carbocycles. The van der Waals surface area contributed by atoms with Gasteiger partial charge in [-0.2, -0.15) is 14.8 Å². The third-order valence-corrected chi connectivity index (χ3v) is 7.28. The van der Waals surface area contributed by atoms with E-state index in [-0.39, 0.29) is 59.3 Å². The predicted octanol–water partition coefficient (Wildman–Crippen LogP) is 2.82. The van der Waals surface area contributed by atoms with Crippen molar-refractivity contribution in [3.63, 3.8) is 0 Å². The van der Waals surface area contributed by atoms with E-state index in [4.69, 9.17) is 26.9 Å². The Balaban J connectivity index is 1.65. The molecule has 0 unspecified atom stereocenters. The minimum Gasteiger partial charge on any atom is -0.490 e. The Morgan fingerprint density at radius 1 is 1.17 bits per heavy atom. The average molecular weight is 450 g/mol. The Kier molecular flexibility index (Phi) is 6.30. The van der Waals surface area contributed by atoms with Gasteiger partial charge in [0.1, 0.15) is 34.7 Å². The van der Waals surface area contributed by atoms with Crippen LogP contribution in [-0.4, -0.2) is 43.1 Å². The second kappa shape index (κ2) is 8.58. The highest BCUT2D eigenvalue weighted by molar-refractivity contribution is 7.89. The number of sulfonamides is 1. The first-order valence-electron chi connectivity index (χ1n) is 8.93. The molecule has 0 radical (unpaired) electrons. The molecule has 10 heteroatoms. The van der Waals surface area contributed by atoms with Gasteiger partial charge in [0, 0.05) is 19.2 Å². The molecule has 2 aromatic rings. The standard InChI is InChI=1S/C20H17ClFN3O4S/c21-17-9-14(11-23)1-4-19(17)30(27,28)25-7-5-20(26,6-8-25)13-29-16-3-2-15(12-24)18(22)10-16/h1-4,9-10,26H,5-8,13H2. The molecular formula is C20H17ClFN3O4S. The van der Waals surface area contributed by atoms with E-state index in [9.17, 15) is 17.9 Å². The largest absolute Gasteiger partial charge is 0.490 e. The summed E-state index contributed by atoms with van der Waals surface area (Å²) in [5.74, 6) is -0.554. The van der Waals surface area contributed by atoms with E-state index in [0.717, 1.165) is 6.07 Å². The predicted molar refractivity (Wildman–Crippen MR) is 106 cm³/mol. The number of piperidine rings is 1. The highest BCUT2D eigenvalue weighted by Crippen LogP contribution is 2.31. The third kappa shape index (κ3) is 4.55. The Morgan fingerprint density at radius 3 is 2.43 bits per heavy atom. The molecule has 2 aromatic carbocycles. The van der Waals surface area contributed by atoms with Crippen LogP contribution in [0, 0.1) is 28.5 Å². The number of aliphatic hydroxyl groups is 1. The van der Waals surface area contributed by atoms with E-state index < -0.39 is 21.4 Å². The average Bonchev–Trinajstić information content (AvgIpc) is 2.72. The summed E-state index contributed by atoms with van der Waals surface area (Å²) in [4.78, 5) is -0.0992. The van der Waals surface area contributed by atoms with Gasteiger partial charge in [-0.05, 0) is 43.2 Å². The lowest BCUT2D eigenvalue weighted by Gasteiger charge is -2.37. The molecule has 0 amide bonds. The summed E-state index contributed by atoms with van der Waals surface area (Å²) in [5.41, 5.74) is -1.14. The smallest absolute Gasteiger partial charge is 0.244 e. The molecule has 0 atom stereocenters. The van der Waals surface area contributed by atoms with Crippen LogP contribution in [0.1, 0.15) is 24.0 Å². The molecule has 1 aliphatic heterocycles. The van der Waals surface area contributed by atoms with Gasteiger partial charge in [0.2, 0.25) is 10.0 Å². The molecule has 1 aliphatic rings. The van der Waals surface area contributed by atoms with Gasteiger partial charge < -0.3 is 9.84 Å². The fourth-order valence-electron chi connectivity index (χ4n) is 3.10. The van der Waals surface area contributed by atoms with Crippen molar-refractivity contribution < 1.29 is 22.7 Å². The van der Waals surface area contributed by atoms with Crippen molar-refractivity contribution in [3.8, 4) is 17.9 Å². The zero-order valence-electron chi connectivity index (χ0n) is 15.7. The number of benzene rings is 2. The van der Waals surface area contributed by atoms with Crippen LogP contribution in [0.15, 0.2) is 41.3 Å². The molecule has 0 aromatic heterocycles. The normalized spacial score (nSPS) is 16.4. The maximum Gasteiger partial charge on any atom is 0.244 e. The Labute approximate surface area is 178 Å². The molecule has 156 valence electrons. The SMILES string of the molecule is N#Cc1ccc(S(=O)(=O)N2CCC(O)(COc3ccc(C#N)c(F)c3)CC2)c(Cl)c1. The van der Waals surface area contributed by atoms with Crippen LogP contribution in [-0.2, 0) is 10.0 Å². The molecule has 0 spiro atoms. The number of nitrogens with zero attached hydrogens (tertiary/aromatic N) is 3. The number of hydrogen-bond acceptors (Lipinski definition) is 6. The molecule has 3 rings (SSSR count). The van der Waals surface area contributed by atoms with Crippen molar-refractivity contribution in [2.75, 3.05) is 19.7 Å². The summed E-state index contributed by atoms with van der Waals surface area (Å²) >= 11 is 6.04. The van der Waals surface area contributed by atoms with E-state index in [1.807, 2.05) is 6.07 Å². The maximum atomic E-state index is 13.7. The summed E-state index contributed by atoms with van der Waals surface area (Å²) < 4.78 is 46.1. The molecule has 1 N–H and O–H groups in total. The lowest BCUT2D eigenvalue weighted by molar-refractivity contribution is -0.0403. The molecule has 1 saturated heterocycles. The minimum atomic E-state index is -3.89. The van der Waals surface area contributed by atoms with E-state index in [0.29, 0.717) is 0 Å². The van der Waals surface area contributed by atoms with Crippen molar-refractivity contribution in [1.82, 2.24) is 4.31 Å². The van der Waals surface area contributed by atoms with Gasteiger partial charge in [-0.15, -0.1) is 0 Å². The Morgan fingerprint density at radius 2 is 1.87 bits per heavy atom. The summed E-state index contributed by atoms with van der Waals surface area (Å²) in [5, 5.41) is 28.3. The van der Waals surface area contributed by atoms with Crippen LogP contribution < -0.4 is 4.74 Å². The van der Waals surface area contributed by atoms with Crippen LogP contribution in [0.4, 0.5) is 4.39 Å². The molecular weight excluding hydrogens is 433 g/mol. The van der Waals surface area contributed by atoms with Gasteiger partial charge >= 0.3 is 0 Å². The first-order valence-corrected chi connectivity index (χ1v) is 10.7. The van der Waals surface area contributed by atoms with Crippen molar-refractivity contribution >= 4 is 21.6 Å². The highest BCUT2D eigenvalue weighted by atomic mass is 35.5. The number of nitriles is 2. The lowest BCUT2D eigenvalue weighted by atomic mass is 9.93. The van der Waals surface area contributed by atoms with Crippen molar-refractivity contribution in [2.45, 2.75) is 23.3 Å². The topological polar surface area (TPSA) is 114 Å².